The van der Waals surface area contributed by atoms with Gasteiger partial charge < -0.3 is 10.4 Å². The molecule has 1 amide bonds. The number of nitrogens with zero attached hydrogens (tertiary/aromatic N) is 1. The number of rotatable bonds is 4. The Balaban J connectivity index is 1.91. The van der Waals surface area contributed by atoms with Gasteiger partial charge in [-0.1, -0.05) is 6.07 Å². The minimum absolute atomic E-state index is 0.104. The fraction of sp³-hybridized carbons (Fsp3) is 0.500. The number of carbonyl (C=O) groups excluding carboxylic acids is 1. The second-order valence-corrected chi connectivity index (χ2v) is 6.17. The molecule has 1 atom stereocenters. The highest BCUT2D eigenvalue weighted by Gasteiger charge is 2.40. The second kappa shape index (κ2) is 5.85. The van der Waals surface area contributed by atoms with E-state index in [1.807, 2.05) is 36.9 Å². The summed E-state index contributed by atoms with van der Waals surface area (Å²) in [4.78, 5) is 25.1. The van der Waals surface area contributed by atoms with E-state index in [1.54, 1.807) is 6.92 Å². The van der Waals surface area contributed by atoms with E-state index in [0.717, 1.165) is 11.3 Å². The average molecular weight is 290 g/mol. The summed E-state index contributed by atoms with van der Waals surface area (Å²) in [5.74, 6) is -0.896. The van der Waals surface area contributed by atoms with Crippen molar-refractivity contribution in [1.29, 1.82) is 0 Å². The monoisotopic (exact) mass is 290 g/mol. The van der Waals surface area contributed by atoms with Crippen LogP contribution in [0.1, 0.15) is 24.5 Å². The third-order valence-electron chi connectivity index (χ3n) is 4.23. The van der Waals surface area contributed by atoms with E-state index in [1.165, 1.54) is 5.56 Å². The van der Waals surface area contributed by atoms with Gasteiger partial charge in [0.1, 0.15) is 0 Å². The van der Waals surface area contributed by atoms with E-state index in [2.05, 4.69) is 5.32 Å². The molecule has 1 saturated heterocycles. The fourth-order valence-electron chi connectivity index (χ4n) is 2.59. The van der Waals surface area contributed by atoms with Crippen LogP contribution in [0.25, 0.3) is 0 Å². The minimum atomic E-state index is -0.792. The van der Waals surface area contributed by atoms with Crippen LogP contribution in [0.5, 0.6) is 0 Å². The number of anilines is 1. The minimum Gasteiger partial charge on any atom is -0.481 e. The van der Waals surface area contributed by atoms with Gasteiger partial charge in [-0.05, 0) is 57.0 Å². The lowest BCUT2D eigenvalue weighted by Gasteiger charge is -2.19. The number of carboxylic acids is 1. The van der Waals surface area contributed by atoms with Crippen molar-refractivity contribution >= 4 is 17.6 Å². The van der Waals surface area contributed by atoms with E-state index >= 15 is 0 Å². The van der Waals surface area contributed by atoms with E-state index in [0.29, 0.717) is 19.5 Å². The number of nitrogens with one attached hydrogen (secondary N) is 1. The van der Waals surface area contributed by atoms with Crippen LogP contribution < -0.4 is 5.32 Å². The third kappa shape index (κ3) is 3.61. The van der Waals surface area contributed by atoms with Gasteiger partial charge in [0.15, 0.2) is 0 Å². The van der Waals surface area contributed by atoms with Crippen molar-refractivity contribution in [2.45, 2.75) is 27.2 Å². The molecule has 0 bridgehead atoms. The highest BCUT2D eigenvalue weighted by atomic mass is 16.4. The first-order chi connectivity index (χ1) is 9.80. The van der Waals surface area contributed by atoms with Crippen LogP contribution in [-0.2, 0) is 9.59 Å². The van der Waals surface area contributed by atoms with Crippen molar-refractivity contribution in [1.82, 2.24) is 4.90 Å². The molecule has 1 unspecified atom stereocenters. The van der Waals surface area contributed by atoms with Crippen LogP contribution >= 0.6 is 0 Å². The van der Waals surface area contributed by atoms with Gasteiger partial charge in [-0.25, -0.2) is 0 Å². The standard InChI is InChI=1S/C16H22N2O3/c1-11-4-5-13(8-12(11)2)17-14(19)9-18-7-6-16(3,10-18)15(20)21/h4-5,8H,6-7,9-10H2,1-3H3,(H,17,19)(H,20,21). The number of aryl methyl sites for hydroxylation is 2. The predicted molar refractivity (Wildman–Crippen MR) is 81.3 cm³/mol. The van der Waals surface area contributed by atoms with Crippen molar-refractivity contribution in [2.24, 2.45) is 5.41 Å². The van der Waals surface area contributed by atoms with Gasteiger partial charge in [0, 0.05) is 12.2 Å². The number of carboxylic acid groups (broad SMARTS) is 1. The molecule has 1 heterocycles. The first kappa shape index (κ1) is 15.5. The molecule has 1 aliphatic heterocycles. The molecule has 0 spiro atoms. The maximum atomic E-state index is 12.0. The van der Waals surface area contributed by atoms with Gasteiger partial charge in [-0.15, -0.1) is 0 Å². The van der Waals surface area contributed by atoms with Crippen molar-refractivity contribution in [3.8, 4) is 0 Å². The number of aliphatic carboxylic acids is 1. The summed E-state index contributed by atoms with van der Waals surface area (Å²) in [6.45, 7) is 7.06. The summed E-state index contributed by atoms with van der Waals surface area (Å²) in [7, 11) is 0. The molecule has 5 nitrogen and oxygen atoms in total. The van der Waals surface area contributed by atoms with Gasteiger partial charge in [-0.3, -0.25) is 14.5 Å². The van der Waals surface area contributed by atoms with E-state index in [4.69, 9.17) is 0 Å². The van der Waals surface area contributed by atoms with Crippen LogP contribution in [0, 0.1) is 19.3 Å². The van der Waals surface area contributed by atoms with Crippen molar-refractivity contribution in [3.05, 3.63) is 29.3 Å². The van der Waals surface area contributed by atoms with Gasteiger partial charge in [0.2, 0.25) is 5.91 Å². The first-order valence-corrected chi connectivity index (χ1v) is 7.13. The molecule has 0 saturated carbocycles. The molecule has 1 aromatic carbocycles. The predicted octanol–water partition coefficient (Wildman–Crippen LogP) is 2.04. The van der Waals surface area contributed by atoms with Gasteiger partial charge in [0.05, 0.1) is 12.0 Å². The number of benzene rings is 1. The van der Waals surface area contributed by atoms with Gasteiger partial charge in [0.25, 0.3) is 0 Å². The molecular formula is C16H22N2O3. The molecular weight excluding hydrogens is 268 g/mol. The summed E-state index contributed by atoms with van der Waals surface area (Å²) >= 11 is 0. The molecule has 1 aliphatic rings. The fourth-order valence-corrected chi connectivity index (χ4v) is 2.59. The molecule has 114 valence electrons. The summed E-state index contributed by atoms with van der Waals surface area (Å²) < 4.78 is 0. The van der Waals surface area contributed by atoms with Crippen molar-refractivity contribution < 1.29 is 14.7 Å². The Hall–Kier alpha value is -1.88. The average Bonchev–Trinajstić information content (AvgIpc) is 2.77. The number of hydrogen-bond acceptors (Lipinski definition) is 3. The van der Waals surface area contributed by atoms with Crippen LogP contribution in [0.3, 0.4) is 0 Å². The molecule has 0 aliphatic carbocycles. The molecule has 2 rings (SSSR count). The van der Waals surface area contributed by atoms with Crippen LogP contribution in [0.4, 0.5) is 5.69 Å². The Morgan fingerprint density at radius 2 is 2.05 bits per heavy atom. The Morgan fingerprint density at radius 3 is 2.62 bits per heavy atom. The summed E-state index contributed by atoms with van der Waals surface area (Å²) in [6.07, 6.45) is 0.583. The van der Waals surface area contributed by atoms with E-state index < -0.39 is 11.4 Å². The topological polar surface area (TPSA) is 69.6 Å². The zero-order valence-corrected chi connectivity index (χ0v) is 12.8. The summed E-state index contributed by atoms with van der Waals surface area (Å²) in [6, 6.07) is 5.80. The first-order valence-electron chi connectivity index (χ1n) is 7.13. The molecule has 5 heteroatoms. The third-order valence-corrected chi connectivity index (χ3v) is 4.23. The molecule has 21 heavy (non-hydrogen) atoms. The van der Waals surface area contributed by atoms with Gasteiger partial charge >= 0.3 is 5.97 Å². The molecule has 2 N–H and O–H groups in total. The zero-order valence-electron chi connectivity index (χ0n) is 12.8. The molecule has 1 aromatic rings. The van der Waals surface area contributed by atoms with Crippen molar-refractivity contribution in [2.75, 3.05) is 25.0 Å². The Bertz CT molecular complexity index is 571. The lowest BCUT2D eigenvalue weighted by molar-refractivity contribution is -0.147. The quantitative estimate of drug-likeness (QED) is 0.890. The largest absolute Gasteiger partial charge is 0.481 e. The molecule has 1 fully saturated rings. The van der Waals surface area contributed by atoms with Crippen LogP contribution in [0.2, 0.25) is 0 Å². The normalized spacial score (nSPS) is 22.2. The zero-order chi connectivity index (χ0) is 15.6. The maximum Gasteiger partial charge on any atom is 0.310 e. The van der Waals surface area contributed by atoms with Crippen LogP contribution in [-0.4, -0.2) is 41.5 Å². The summed E-state index contributed by atoms with van der Waals surface area (Å²) in [5.41, 5.74) is 2.36. The Morgan fingerprint density at radius 1 is 1.33 bits per heavy atom. The number of likely N-dealkylation sites (tertiary alicyclic amines) is 1. The number of carbonyl (C=O) groups is 2. The Labute approximate surface area is 125 Å². The second-order valence-electron chi connectivity index (χ2n) is 6.17. The maximum absolute atomic E-state index is 12.0. The van der Waals surface area contributed by atoms with Crippen LogP contribution in [0.15, 0.2) is 18.2 Å². The Kier molecular flexibility index (Phi) is 4.32. The summed E-state index contributed by atoms with van der Waals surface area (Å²) in [5, 5.41) is 12.1. The lowest BCUT2D eigenvalue weighted by atomic mass is 9.90. The van der Waals surface area contributed by atoms with Crippen molar-refractivity contribution in [3.63, 3.8) is 0 Å². The molecule has 0 aromatic heterocycles. The number of amides is 1. The van der Waals surface area contributed by atoms with Gasteiger partial charge in [-0.2, -0.15) is 0 Å². The smallest absolute Gasteiger partial charge is 0.310 e. The lowest BCUT2D eigenvalue weighted by Crippen LogP contribution is -2.35. The number of hydrogen-bond donors (Lipinski definition) is 2. The van der Waals surface area contributed by atoms with E-state index in [-0.39, 0.29) is 12.5 Å². The highest BCUT2D eigenvalue weighted by molar-refractivity contribution is 5.92. The van der Waals surface area contributed by atoms with E-state index in [9.17, 15) is 14.7 Å². The molecule has 0 radical (unpaired) electrons. The highest BCUT2D eigenvalue weighted by Crippen LogP contribution is 2.29. The SMILES string of the molecule is Cc1ccc(NC(=O)CN2CCC(C)(C(=O)O)C2)cc1C.